The molecule has 2 amide bonds. The first-order chi connectivity index (χ1) is 13.0. The summed E-state index contributed by atoms with van der Waals surface area (Å²) in [7, 11) is 1.45. The Morgan fingerprint density at radius 1 is 1.11 bits per heavy atom. The Bertz CT molecular complexity index is 831. The summed E-state index contributed by atoms with van der Waals surface area (Å²) < 4.78 is 29.7. The Labute approximate surface area is 163 Å². The SMILES string of the molecule is CCOc1c(Br)cc(C(=O)NNC(=O)COc2ccccc2F)cc1OC. The van der Waals surface area contributed by atoms with Crippen molar-refractivity contribution in [2.75, 3.05) is 20.3 Å². The van der Waals surface area contributed by atoms with E-state index in [1.165, 1.54) is 37.4 Å². The number of rotatable bonds is 7. The first-order valence-corrected chi connectivity index (χ1v) is 8.72. The zero-order chi connectivity index (χ0) is 19.8. The van der Waals surface area contributed by atoms with Crippen LogP contribution in [0, 0.1) is 5.82 Å². The van der Waals surface area contributed by atoms with Crippen molar-refractivity contribution in [2.24, 2.45) is 0 Å². The van der Waals surface area contributed by atoms with E-state index in [1.54, 1.807) is 6.07 Å². The third-order valence-corrected chi connectivity index (χ3v) is 3.88. The molecular weight excluding hydrogens is 423 g/mol. The standard InChI is InChI=1S/C18H18BrFN2O5/c1-3-26-17-12(19)8-11(9-15(17)25-2)18(24)22-21-16(23)10-27-14-7-5-4-6-13(14)20/h4-9H,3,10H2,1-2H3,(H,21,23)(H,22,24). The third-order valence-electron chi connectivity index (χ3n) is 3.29. The lowest BCUT2D eigenvalue weighted by molar-refractivity contribution is -0.123. The number of hydrogen-bond donors (Lipinski definition) is 2. The van der Waals surface area contributed by atoms with Gasteiger partial charge < -0.3 is 14.2 Å². The van der Waals surface area contributed by atoms with E-state index in [9.17, 15) is 14.0 Å². The summed E-state index contributed by atoms with van der Waals surface area (Å²) in [5, 5.41) is 0. The molecule has 0 spiro atoms. The van der Waals surface area contributed by atoms with Crippen molar-refractivity contribution in [1.82, 2.24) is 10.9 Å². The molecule has 0 unspecified atom stereocenters. The van der Waals surface area contributed by atoms with Gasteiger partial charge in [0.1, 0.15) is 0 Å². The summed E-state index contributed by atoms with van der Waals surface area (Å²) in [6, 6.07) is 8.70. The van der Waals surface area contributed by atoms with Crippen LogP contribution in [0.3, 0.4) is 0 Å². The van der Waals surface area contributed by atoms with E-state index in [1.807, 2.05) is 6.92 Å². The summed E-state index contributed by atoms with van der Waals surface area (Å²) in [5.74, 6) is -1.02. The molecule has 0 saturated carbocycles. The quantitative estimate of drug-likeness (QED) is 0.646. The zero-order valence-corrected chi connectivity index (χ0v) is 16.3. The molecule has 0 radical (unpaired) electrons. The van der Waals surface area contributed by atoms with Crippen LogP contribution < -0.4 is 25.1 Å². The number of carbonyl (C=O) groups excluding carboxylic acids is 2. The molecule has 144 valence electrons. The number of ether oxygens (including phenoxy) is 3. The average Bonchev–Trinajstić information content (AvgIpc) is 2.66. The Morgan fingerprint density at radius 3 is 2.52 bits per heavy atom. The fourth-order valence-corrected chi connectivity index (χ4v) is 2.63. The molecule has 7 nitrogen and oxygen atoms in total. The molecule has 9 heteroatoms. The van der Waals surface area contributed by atoms with E-state index in [4.69, 9.17) is 14.2 Å². The predicted octanol–water partition coefficient (Wildman–Crippen LogP) is 2.84. The number of hydrogen-bond acceptors (Lipinski definition) is 5. The van der Waals surface area contributed by atoms with Crippen molar-refractivity contribution in [3.05, 3.63) is 52.3 Å². The Kier molecular flexibility index (Phi) is 7.42. The number of hydrazine groups is 1. The summed E-state index contributed by atoms with van der Waals surface area (Å²) in [6.45, 7) is 1.79. The monoisotopic (exact) mass is 440 g/mol. The van der Waals surface area contributed by atoms with E-state index in [2.05, 4.69) is 26.8 Å². The van der Waals surface area contributed by atoms with Crippen LogP contribution in [-0.2, 0) is 4.79 Å². The summed E-state index contributed by atoms with van der Waals surface area (Å²) in [6.07, 6.45) is 0. The van der Waals surface area contributed by atoms with Crippen LogP contribution in [0.4, 0.5) is 4.39 Å². The maximum Gasteiger partial charge on any atom is 0.276 e. The highest BCUT2D eigenvalue weighted by atomic mass is 79.9. The van der Waals surface area contributed by atoms with Gasteiger partial charge in [-0.25, -0.2) is 4.39 Å². The van der Waals surface area contributed by atoms with E-state index >= 15 is 0 Å². The molecule has 2 aromatic carbocycles. The number of carbonyl (C=O) groups is 2. The molecule has 2 N–H and O–H groups in total. The maximum absolute atomic E-state index is 13.4. The topological polar surface area (TPSA) is 85.9 Å². The molecule has 0 heterocycles. The van der Waals surface area contributed by atoms with Crippen LogP contribution in [0.25, 0.3) is 0 Å². The Hall–Kier alpha value is -2.81. The highest BCUT2D eigenvalue weighted by Crippen LogP contribution is 2.36. The van der Waals surface area contributed by atoms with Crippen LogP contribution >= 0.6 is 15.9 Å². The fraction of sp³-hybridized carbons (Fsp3) is 0.222. The van der Waals surface area contributed by atoms with E-state index in [0.717, 1.165) is 0 Å². The van der Waals surface area contributed by atoms with Crippen LogP contribution in [0.1, 0.15) is 17.3 Å². The van der Waals surface area contributed by atoms with Crippen molar-refractivity contribution in [1.29, 1.82) is 0 Å². The zero-order valence-electron chi connectivity index (χ0n) is 14.7. The van der Waals surface area contributed by atoms with E-state index < -0.39 is 24.2 Å². The molecule has 2 aromatic rings. The molecule has 0 saturated heterocycles. The van der Waals surface area contributed by atoms with Gasteiger partial charge in [0.25, 0.3) is 11.8 Å². The van der Waals surface area contributed by atoms with E-state index in [-0.39, 0.29) is 11.3 Å². The second-order valence-electron chi connectivity index (χ2n) is 5.14. The van der Waals surface area contributed by atoms with Crippen LogP contribution in [0.15, 0.2) is 40.9 Å². The van der Waals surface area contributed by atoms with Gasteiger partial charge in [0.05, 0.1) is 18.2 Å². The minimum absolute atomic E-state index is 0.0563. The molecule has 0 aliphatic rings. The normalized spacial score (nSPS) is 10.1. The summed E-state index contributed by atoms with van der Waals surface area (Å²) in [4.78, 5) is 24.0. The number of methoxy groups -OCH3 is 1. The second kappa shape index (κ2) is 9.77. The number of amides is 2. The highest BCUT2D eigenvalue weighted by Gasteiger charge is 2.16. The summed E-state index contributed by atoms with van der Waals surface area (Å²) >= 11 is 3.32. The molecule has 0 fully saturated rings. The van der Waals surface area contributed by atoms with Crippen molar-refractivity contribution in [3.63, 3.8) is 0 Å². The lowest BCUT2D eigenvalue weighted by Crippen LogP contribution is -2.43. The molecule has 0 aromatic heterocycles. The van der Waals surface area contributed by atoms with Gasteiger partial charge in [-0.2, -0.15) is 0 Å². The number of halogens is 2. The fourth-order valence-electron chi connectivity index (χ4n) is 2.08. The van der Waals surface area contributed by atoms with Gasteiger partial charge in [-0.05, 0) is 47.1 Å². The lowest BCUT2D eigenvalue weighted by atomic mass is 10.2. The smallest absolute Gasteiger partial charge is 0.276 e. The van der Waals surface area contributed by atoms with Gasteiger partial charge in [0.2, 0.25) is 0 Å². The third kappa shape index (κ3) is 5.58. The van der Waals surface area contributed by atoms with Crippen LogP contribution in [-0.4, -0.2) is 32.1 Å². The molecule has 0 atom stereocenters. The van der Waals surface area contributed by atoms with Crippen LogP contribution in [0.2, 0.25) is 0 Å². The van der Waals surface area contributed by atoms with Gasteiger partial charge in [-0.1, -0.05) is 12.1 Å². The van der Waals surface area contributed by atoms with Crippen LogP contribution in [0.5, 0.6) is 17.2 Å². The Balaban J connectivity index is 1.94. The minimum Gasteiger partial charge on any atom is -0.493 e. The number of para-hydroxylation sites is 1. The highest BCUT2D eigenvalue weighted by molar-refractivity contribution is 9.10. The summed E-state index contributed by atoms with van der Waals surface area (Å²) in [5.41, 5.74) is 4.68. The molecule has 0 aliphatic heterocycles. The van der Waals surface area contributed by atoms with Crippen molar-refractivity contribution < 1.29 is 28.2 Å². The second-order valence-corrected chi connectivity index (χ2v) is 6.00. The Morgan fingerprint density at radius 2 is 1.85 bits per heavy atom. The van der Waals surface area contributed by atoms with Gasteiger partial charge in [0, 0.05) is 5.56 Å². The predicted molar refractivity (Wildman–Crippen MR) is 99.4 cm³/mol. The first-order valence-electron chi connectivity index (χ1n) is 7.93. The molecular formula is C18H18BrFN2O5. The van der Waals surface area contributed by atoms with Gasteiger partial charge in [0.15, 0.2) is 29.7 Å². The van der Waals surface area contributed by atoms with Crippen molar-refractivity contribution in [2.45, 2.75) is 6.92 Å². The lowest BCUT2D eigenvalue weighted by Gasteiger charge is -2.14. The maximum atomic E-state index is 13.4. The molecule has 2 rings (SSSR count). The largest absolute Gasteiger partial charge is 0.493 e. The van der Waals surface area contributed by atoms with E-state index in [0.29, 0.717) is 22.6 Å². The minimum atomic E-state index is -0.649. The average molecular weight is 441 g/mol. The molecule has 0 aliphatic carbocycles. The number of benzene rings is 2. The van der Waals surface area contributed by atoms with Crippen molar-refractivity contribution in [3.8, 4) is 17.2 Å². The van der Waals surface area contributed by atoms with Crippen molar-refractivity contribution >= 4 is 27.7 Å². The molecule has 27 heavy (non-hydrogen) atoms. The van der Waals surface area contributed by atoms with Gasteiger partial charge in [-0.3, -0.25) is 20.4 Å². The molecule has 0 bridgehead atoms. The van der Waals surface area contributed by atoms with Gasteiger partial charge in [-0.15, -0.1) is 0 Å². The van der Waals surface area contributed by atoms with Gasteiger partial charge >= 0.3 is 0 Å². The number of nitrogens with one attached hydrogen (secondary N) is 2. The first kappa shape index (κ1) is 20.5.